The zero-order chi connectivity index (χ0) is 22.7. The van der Waals surface area contributed by atoms with Crippen molar-refractivity contribution in [1.82, 2.24) is 14.7 Å². The summed E-state index contributed by atoms with van der Waals surface area (Å²) in [6.07, 6.45) is 1.37. The molecule has 32 heavy (non-hydrogen) atoms. The summed E-state index contributed by atoms with van der Waals surface area (Å²) in [6.45, 7) is 14.3. The Morgan fingerprint density at radius 2 is 1.78 bits per heavy atom. The molecule has 3 aromatic rings. The first-order valence-electron chi connectivity index (χ1n) is 12.0. The zero-order valence-corrected chi connectivity index (χ0v) is 20.0. The molecule has 1 N–H and O–H groups in total. The molecule has 0 saturated carbocycles. The maximum atomic E-state index is 12.9. The lowest BCUT2D eigenvalue weighted by atomic mass is 10.0. The van der Waals surface area contributed by atoms with E-state index in [4.69, 9.17) is 5.10 Å². The first-order chi connectivity index (χ1) is 15.4. The highest BCUT2D eigenvalue weighted by Gasteiger charge is 2.24. The van der Waals surface area contributed by atoms with Crippen LogP contribution in [0.4, 0.5) is 0 Å². The molecule has 1 fully saturated rings. The second kappa shape index (κ2) is 9.86. The Morgan fingerprint density at radius 1 is 1.06 bits per heavy atom. The Bertz CT molecular complexity index is 1070. The van der Waals surface area contributed by atoms with Crippen LogP contribution in [0.25, 0.3) is 10.8 Å². The third-order valence-electron chi connectivity index (χ3n) is 6.80. The van der Waals surface area contributed by atoms with Crippen LogP contribution in [0, 0.1) is 19.8 Å². The number of hydrogen-bond donors (Lipinski definition) is 1. The predicted octanol–water partition coefficient (Wildman–Crippen LogP) is 3.17. The number of nitrogens with one attached hydrogen (secondary N) is 1. The number of piperazine rings is 1. The van der Waals surface area contributed by atoms with E-state index in [9.17, 15) is 4.79 Å². The Kier molecular flexibility index (Phi) is 6.95. The number of rotatable bonds is 7. The number of nitrogens with zero attached hydrogens (tertiary/aromatic N) is 3. The van der Waals surface area contributed by atoms with Gasteiger partial charge in [0.05, 0.1) is 31.9 Å². The highest BCUT2D eigenvalue weighted by molar-refractivity contribution is 5.85. The fourth-order valence-corrected chi connectivity index (χ4v) is 4.97. The summed E-state index contributed by atoms with van der Waals surface area (Å²) in [6, 6.07) is 15.2. The normalized spacial score (nSPS) is 15.1. The van der Waals surface area contributed by atoms with Gasteiger partial charge in [0.1, 0.15) is 6.54 Å². The molecule has 2 aromatic carbocycles. The summed E-state index contributed by atoms with van der Waals surface area (Å²) in [4.78, 5) is 16.5. The fraction of sp³-hybridized carbons (Fsp3) is 0.481. The van der Waals surface area contributed by atoms with Crippen molar-refractivity contribution in [3.05, 3.63) is 65.0 Å². The summed E-state index contributed by atoms with van der Waals surface area (Å²) in [5, 5.41) is 7.36. The van der Waals surface area contributed by atoms with Crippen molar-refractivity contribution in [2.24, 2.45) is 5.92 Å². The van der Waals surface area contributed by atoms with E-state index in [2.05, 4.69) is 79.7 Å². The molecule has 0 atom stereocenters. The van der Waals surface area contributed by atoms with E-state index in [1.54, 1.807) is 4.90 Å². The quantitative estimate of drug-likeness (QED) is 0.622. The number of hydrogen-bond acceptors (Lipinski definition) is 2. The number of benzene rings is 2. The topological polar surface area (TPSA) is 42.6 Å². The second-order valence-corrected chi connectivity index (χ2v) is 9.67. The van der Waals surface area contributed by atoms with Gasteiger partial charge in [-0.15, -0.1) is 0 Å². The second-order valence-electron chi connectivity index (χ2n) is 9.67. The van der Waals surface area contributed by atoms with Crippen molar-refractivity contribution in [2.75, 3.05) is 26.2 Å². The number of amides is 1. The molecule has 5 nitrogen and oxygen atoms in total. The molecule has 0 unspecified atom stereocenters. The SMILES string of the molecule is Cc1nn(CC(C)C)c(C)c1CCC(=O)N1CC[NH+](Cc2cccc3ccccc23)CC1. The molecule has 0 aliphatic carbocycles. The number of quaternary nitrogens is 1. The average Bonchev–Trinajstić information content (AvgIpc) is 3.04. The zero-order valence-electron chi connectivity index (χ0n) is 20.0. The van der Waals surface area contributed by atoms with E-state index in [-0.39, 0.29) is 5.91 Å². The van der Waals surface area contributed by atoms with Crippen molar-refractivity contribution >= 4 is 16.7 Å². The van der Waals surface area contributed by atoms with Gasteiger partial charge in [-0.25, -0.2) is 0 Å². The monoisotopic (exact) mass is 433 g/mol. The summed E-state index contributed by atoms with van der Waals surface area (Å²) in [7, 11) is 0. The minimum Gasteiger partial charge on any atom is -0.331 e. The fourth-order valence-electron chi connectivity index (χ4n) is 4.97. The van der Waals surface area contributed by atoms with E-state index in [0.29, 0.717) is 12.3 Å². The van der Waals surface area contributed by atoms with E-state index in [1.165, 1.54) is 27.6 Å². The highest BCUT2D eigenvalue weighted by atomic mass is 16.2. The number of carbonyl (C=O) groups is 1. The maximum Gasteiger partial charge on any atom is 0.223 e. The lowest BCUT2D eigenvalue weighted by Crippen LogP contribution is -3.13. The van der Waals surface area contributed by atoms with Crippen molar-refractivity contribution < 1.29 is 9.69 Å². The maximum absolute atomic E-state index is 12.9. The smallest absolute Gasteiger partial charge is 0.223 e. The number of aryl methyl sites for hydroxylation is 1. The number of aromatic nitrogens is 2. The van der Waals surface area contributed by atoms with Crippen molar-refractivity contribution in [3.8, 4) is 0 Å². The Hall–Kier alpha value is -2.66. The molecule has 1 saturated heterocycles. The van der Waals surface area contributed by atoms with Gasteiger partial charge in [-0.2, -0.15) is 5.10 Å². The molecule has 1 aliphatic rings. The van der Waals surface area contributed by atoms with Crippen LogP contribution in [-0.4, -0.2) is 46.8 Å². The summed E-state index contributed by atoms with van der Waals surface area (Å²) < 4.78 is 2.11. The minimum absolute atomic E-state index is 0.282. The lowest BCUT2D eigenvalue weighted by Gasteiger charge is -2.32. The van der Waals surface area contributed by atoms with Gasteiger partial charge in [0.25, 0.3) is 0 Å². The molecule has 5 heteroatoms. The molecule has 1 aliphatic heterocycles. The van der Waals surface area contributed by atoms with Crippen LogP contribution >= 0.6 is 0 Å². The van der Waals surface area contributed by atoms with Crippen LogP contribution in [0.15, 0.2) is 42.5 Å². The van der Waals surface area contributed by atoms with E-state index >= 15 is 0 Å². The molecule has 170 valence electrons. The predicted molar refractivity (Wildman–Crippen MR) is 130 cm³/mol. The number of fused-ring (bicyclic) bond motifs is 1. The molecule has 2 heterocycles. The van der Waals surface area contributed by atoms with Gasteiger partial charge in [-0.1, -0.05) is 56.3 Å². The first-order valence-corrected chi connectivity index (χ1v) is 12.0. The van der Waals surface area contributed by atoms with Crippen molar-refractivity contribution in [2.45, 2.75) is 53.6 Å². The van der Waals surface area contributed by atoms with E-state index < -0.39 is 0 Å². The van der Waals surface area contributed by atoms with Crippen molar-refractivity contribution in [3.63, 3.8) is 0 Å². The van der Waals surface area contributed by atoms with Crippen LogP contribution in [0.1, 0.15) is 42.8 Å². The molecule has 0 radical (unpaired) electrons. The molecular formula is C27H37N4O+. The average molecular weight is 434 g/mol. The van der Waals surface area contributed by atoms with Crippen LogP contribution < -0.4 is 4.90 Å². The number of carbonyl (C=O) groups excluding carboxylic acids is 1. The van der Waals surface area contributed by atoms with Crippen LogP contribution in [0.3, 0.4) is 0 Å². The standard InChI is InChI=1S/C27H36N4O/c1-20(2)18-31-22(4)25(21(3)28-31)12-13-27(32)30-16-14-29(15-17-30)19-24-10-7-9-23-8-5-6-11-26(23)24/h5-11,20H,12-19H2,1-4H3/p+1. The van der Waals surface area contributed by atoms with Gasteiger partial charge in [0.2, 0.25) is 5.91 Å². The molecule has 0 bridgehead atoms. The summed E-state index contributed by atoms with van der Waals surface area (Å²) in [5.74, 6) is 0.847. The van der Waals surface area contributed by atoms with Gasteiger partial charge in [0, 0.05) is 24.2 Å². The molecule has 1 aromatic heterocycles. The van der Waals surface area contributed by atoms with E-state index in [0.717, 1.165) is 51.4 Å². The Morgan fingerprint density at radius 3 is 2.53 bits per heavy atom. The Balaban J connectivity index is 1.30. The van der Waals surface area contributed by atoms with Gasteiger partial charge >= 0.3 is 0 Å². The minimum atomic E-state index is 0.282. The summed E-state index contributed by atoms with van der Waals surface area (Å²) >= 11 is 0. The van der Waals surface area contributed by atoms with Crippen LogP contribution in [0.2, 0.25) is 0 Å². The van der Waals surface area contributed by atoms with Gasteiger partial charge in [0.15, 0.2) is 0 Å². The molecular weight excluding hydrogens is 396 g/mol. The van der Waals surface area contributed by atoms with Gasteiger partial charge < -0.3 is 9.80 Å². The third kappa shape index (κ3) is 5.04. The lowest BCUT2D eigenvalue weighted by molar-refractivity contribution is -0.917. The third-order valence-corrected chi connectivity index (χ3v) is 6.80. The molecule has 1 amide bonds. The van der Waals surface area contributed by atoms with Crippen LogP contribution in [0.5, 0.6) is 0 Å². The summed E-state index contributed by atoms with van der Waals surface area (Å²) in [5.41, 5.74) is 4.94. The van der Waals surface area contributed by atoms with Crippen molar-refractivity contribution in [1.29, 1.82) is 0 Å². The largest absolute Gasteiger partial charge is 0.331 e. The Labute approximate surface area is 192 Å². The van der Waals surface area contributed by atoms with E-state index in [1.807, 2.05) is 0 Å². The van der Waals surface area contributed by atoms with Gasteiger partial charge in [-0.05, 0) is 42.5 Å². The van der Waals surface area contributed by atoms with Gasteiger partial charge in [-0.3, -0.25) is 9.48 Å². The van der Waals surface area contributed by atoms with Crippen LogP contribution in [-0.2, 0) is 24.3 Å². The molecule has 0 spiro atoms. The highest BCUT2D eigenvalue weighted by Crippen LogP contribution is 2.19. The first kappa shape index (κ1) is 22.5. The molecule has 4 rings (SSSR count).